The third-order valence-electron chi connectivity index (χ3n) is 5.53. The molecule has 1 heterocycles. The molecular formula is C25H25FN2O. The third-order valence-corrected chi connectivity index (χ3v) is 5.53. The van der Waals surface area contributed by atoms with Crippen LogP contribution in [0.25, 0.3) is 0 Å². The van der Waals surface area contributed by atoms with Crippen LogP contribution in [0.3, 0.4) is 0 Å². The lowest BCUT2D eigenvalue weighted by molar-refractivity contribution is -0.132. The Morgan fingerprint density at radius 3 is 1.93 bits per heavy atom. The van der Waals surface area contributed by atoms with Gasteiger partial charge in [-0.25, -0.2) is 4.39 Å². The van der Waals surface area contributed by atoms with Crippen molar-refractivity contribution in [1.82, 2.24) is 9.80 Å². The van der Waals surface area contributed by atoms with Crippen LogP contribution in [0.4, 0.5) is 4.39 Å². The Kier molecular flexibility index (Phi) is 6.01. The van der Waals surface area contributed by atoms with Gasteiger partial charge in [0.25, 0.3) is 0 Å². The summed E-state index contributed by atoms with van der Waals surface area (Å²) >= 11 is 0. The molecule has 1 aliphatic heterocycles. The summed E-state index contributed by atoms with van der Waals surface area (Å²) in [5, 5.41) is 0. The van der Waals surface area contributed by atoms with Crippen LogP contribution < -0.4 is 0 Å². The van der Waals surface area contributed by atoms with Gasteiger partial charge in [-0.1, -0.05) is 72.8 Å². The number of halogens is 1. The van der Waals surface area contributed by atoms with E-state index in [1.165, 1.54) is 17.7 Å². The van der Waals surface area contributed by atoms with Crippen LogP contribution in [0.15, 0.2) is 84.9 Å². The quantitative estimate of drug-likeness (QED) is 0.651. The SMILES string of the molecule is O=C(Cc1ccccc1)N1CCN(C(c2ccccc2)c2ccc(F)cc2)CC1. The van der Waals surface area contributed by atoms with Crippen LogP contribution in [0.2, 0.25) is 0 Å². The Morgan fingerprint density at radius 2 is 1.31 bits per heavy atom. The minimum Gasteiger partial charge on any atom is -0.340 e. The van der Waals surface area contributed by atoms with E-state index in [2.05, 4.69) is 17.0 Å². The Labute approximate surface area is 171 Å². The Morgan fingerprint density at radius 1 is 0.759 bits per heavy atom. The number of benzene rings is 3. The molecule has 1 fully saturated rings. The first-order valence-electron chi connectivity index (χ1n) is 10.1. The van der Waals surface area contributed by atoms with Crippen molar-refractivity contribution in [2.24, 2.45) is 0 Å². The second kappa shape index (κ2) is 9.01. The molecule has 3 nitrogen and oxygen atoms in total. The standard InChI is InChI=1S/C25H25FN2O/c26-23-13-11-22(12-14-23)25(21-9-5-2-6-10-21)28-17-15-27(16-18-28)24(29)19-20-7-3-1-4-8-20/h1-14,25H,15-19H2. The van der Waals surface area contributed by atoms with Gasteiger partial charge >= 0.3 is 0 Å². The lowest BCUT2D eigenvalue weighted by Gasteiger charge is -2.40. The maximum absolute atomic E-state index is 13.5. The average molecular weight is 388 g/mol. The van der Waals surface area contributed by atoms with Crippen LogP contribution in [-0.4, -0.2) is 41.9 Å². The van der Waals surface area contributed by atoms with Gasteiger partial charge < -0.3 is 4.90 Å². The molecule has 3 aromatic carbocycles. The van der Waals surface area contributed by atoms with Crippen molar-refractivity contribution in [2.45, 2.75) is 12.5 Å². The van der Waals surface area contributed by atoms with Gasteiger partial charge in [-0.3, -0.25) is 9.69 Å². The number of nitrogens with zero attached hydrogens (tertiary/aromatic N) is 2. The predicted molar refractivity (Wildman–Crippen MR) is 113 cm³/mol. The average Bonchev–Trinajstić information content (AvgIpc) is 2.77. The molecule has 29 heavy (non-hydrogen) atoms. The number of piperazine rings is 1. The topological polar surface area (TPSA) is 23.6 Å². The number of amides is 1. The number of hydrogen-bond donors (Lipinski definition) is 0. The van der Waals surface area contributed by atoms with Gasteiger partial charge in [0.05, 0.1) is 12.5 Å². The maximum Gasteiger partial charge on any atom is 0.227 e. The fraction of sp³-hybridized carbons (Fsp3) is 0.240. The zero-order valence-electron chi connectivity index (χ0n) is 16.4. The second-order valence-electron chi connectivity index (χ2n) is 7.44. The summed E-state index contributed by atoms with van der Waals surface area (Å²) in [6, 6.07) is 27.0. The summed E-state index contributed by atoms with van der Waals surface area (Å²) in [5.41, 5.74) is 3.30. The first-order chi connectivity index (χ1) is 14.2. The van der Waals surface area contributed by atoms with Gasteiger partial charge in [-0.15, -0.1) is 0 Å². The molecule has 0 radical (unpaired) electrons. The molecule has 4 heteroatoms. The van der Waals surface area contributed by atoms with Gasteiger partial charge in [-0.05, 0) is 28.8 Å². The van der Waals surface area contributed by atoms with Crippen molar-refractivity contribution >= 4 is 5.91 Å². The molecule has 1 unspecified atom stereocenters. The minimum absolute atomic E-state index is 0.0585. The van der Waals surface area contributed by atoms with Crippen LogP contribution in [-0.2, 0) is 11.2 Å². The van der Waals surface area contributed by atoms with E-state index >= 15 is 0 Å². The van der Waals surface area contributed by atoms with E-state index < -0.39 is 0 Å². The molecule has 0 aliphatic carbocycles. The largest absolute Gasteiger partial charge is 0.340 e. The van der Waals surface area contributed by atoms with E-state index in [-0.39, 0.29) is 17.8 Å². The van der Waals surface area contributed by atoms with E-state index in [0.717, 1.165) is 24.2 Å². The number of carbonyl (C=O) groups is 1. The Bertz CT molecular complexity index is 920. The smallest absolute Gasteiger partial charge is 0.227 e. The number of hydrogen-bond acceptors (Lipinski definition) is 2. The van der Waals surface area contributed by atoms with Crippen molar-refractivity contribution in [3.8, 4) is 0 Å². The van der Waals surface area contributed by atoms with Crippen LogP contribution in [0, 0.1) is 5.82 Å². The lowest BCUT2D eigenvalue weighted by atomic mass is 9.96. The van der Waals surface area contributed by atoms with Gasteiger partial charge in [0.1, 0.15) is 5.82 Å². The molecule has 148 valence electrons. The first kappa shape index (κ1) is 19.3. The van der Waals surface area contributed by atoms with Gasteiger partial charge in [-0.2, -0.15) is 0 Å². The van der Waals surface area contributed by atoms with Crippen LogP contribution in [0.5, 0.6) is 0 Å². The molecule has 0 saturated carbocycles. The molecule has 0 N–H and O–H groups in total. The molecule has 0 aromatic heterocycles. The van der Waals surface area contributed by atoms with E-state index in [1.807, 2.05) is 65.6 Å². The van der Waals surface area contributed by atoms with Crippen molar-refractivity contribution in [3.05, 3.63) is 107 Å². The third kappa shape index (κ3) is 4.72. The summed E-state index contributed by atoms with van der Waals surface area (Å²) in [4.78, 5) is 17.0. The summed E-state index contributed by atoms with van der Waals surface area (Å²) in [6.45, 7) is 2.99. The van der Waals surface area contributed by atoms with Gasteiger partial charge in [0, 0.05) is 26.2 Å². The molecule has 1 saturated heterocycles. The molecule has 1 aliphatic rings. The molecule has 1 amide bonds. The normalized spacial score (nSPS) is 15.8. The van der Waals surface area contributed by atoms with E-state index in [1.54, 1.807) is 0 Å². The molecular weight excluding hydrogens is 363 g/mol. The van der Waals surface area contributed by atoms with Crippen molar-refractivity contribution in [2.75, 3.05) is 26.2 Å². The molecule has 1 atom stereocenters. The number of carbonyl (C=O) groups excluding carboxylic acids is 1. The highest BCUT2D eigenvalue weighted by atomic mass is 19.1. The highest BCUT2D eigenvalue weighted by Gasteiger charge is 2.28. The monoisotopic (exact) mass is 388 g/mol. The van der Waals surface area contributed by atoms with E-state index in [4.69, 9.17) is 0 Å². The van der Waals surface area contributed by atoms with E-state index in [9.17, 15) is 9.18 Å². The fourth-order valence-electron chi connectivity index (χ4n) is 4.01. The van der Waals surface area contributed by atoms with Crippen LogP contribution in [0.1, 0.15) is 22.7 Å². The molecule has 4 rings (SSSR count). The summed E-state index contributed by atoms with van der Waals surface area (Å²) in [5.74, 6) is -0.0502. The zero-order chi connectivity index (χ0) is 20.1. The molecule has 0 bridgehead atoms. The molecule has 0 spiro atoms. The van der Waals surface area contributed by atoms with E-state index in [0.29, 0.717) is 19.5 Å². The highest BCUT2D eigenvalue weighted by Crippen LogP contribution is 2.29. The fourth-order valence-corrected chi connectivity index (χ4v) is 4.01. The summed E-state index contributed by atoms with van der Waals surface area (Å²) < 4.78 is 13.5. The summed E-state index contributed by atoms with van der Waals surface area (Å²) in [6.07, 6.45) is 0.445. The summed E-state index contributed by atoms with van der Waals surface area (Å²) in [7, 11) is 0. The second-order valence-corrected chi connectivity index (χ2v) is 7.44. The van der Waals surface area contributed by atoms with Crippen molar-refractivity contribution in [1.29, 1.82) is 0 Å². The lowest BCUT2D eigenvalue weighted by Crippen LogP contribution is -2.50. The van der Waals surface area contributed by atoms with Crippen molar-refractivity contribution in [3.63, 3.8) is 0 Å². The van der Waals surface area contributed by atoms with Crippen LogP contribution >= 0.6 is 0 Å². The minimum atomic E-state index is -0.225. The predicted octanol–water partition coefficient (Wildman–Crippen LogP) is 4.30. The maximum atomic E-state index is 13.5. The zero-order valence-corrected chi connectivity index (χ0v) is 16.4. The Balaban J connectivity index is 1.47. The number of rotatable bonds is 5. The molecule has 3 aromatic rings. The highest BCUT2D eigenvalue weighted by molar-refractivity contribution is 5.78. The van der Waals surface area contributed by atoms with Gasteiger partial charge in [0.15, 0.2) is 0 Å². The van der Waals surface area contributed by atoms with Gasteiger partial charge in [0.2, 0.25) is 5.91 Å². The van der Waals surface area contributed by atoms with Crippen molar-refractivity contribution < 1.29 is 9.18 Å². The first-order valence-corrected chi connectivity index (χ1v) is 10.1. The Hall–Kier alpha value is -2.98.